The number of rotatable bonds is 5. The van der Waals surface area contributed by atoms with E-state index in [1.54, 1.807) is 18.2 Å². The van der Waals surface area contributed by atoms with Gasteiger partial charge in [-0.1, -0.05) is 42.5 Å². The maximum absolute atomic E-state index is 11.2. The number of carbonyl (C=O) groups excluding carboxylic acids is 1. The Hall–Kier alpha value is -2.62. The summed E-state index contributed by atoms with van der Waals surface area (Å²) >= 11 is 0. The molecule has 0 saturated carbocycles. The number of carbonyl (C=O) groups is 2. The summed E-state index contributed by atoms with van der Waals surface area (Å²) in [7, 11) is 0. The molecule has 0 aromatic heterocycles. The minimum absolute atomic E-state index is 0.279. The Morgan fingerprint density at radius 2 is 1.79 bits per heavy atom. The van der Waals surface area contributed by atoms with E-state index in [2.05, 4.69) is 5.32 Å². The highest BCUT2D eigenvalue weighted by molar-refractivity contribution is 5.95. The first-order valence-electron chi connectivity index (χ1n) is 5.81. The van der Waals surface area contributed by atoms with Crippen molar-refractivity contribution in [3.8, 4) is 11.1 Å². The molecule has 96 valence electrons. The van der Waals surface area contributed by atoms with E-state index in [1.165, 1.54) is 0 Å². The highest BCUT2D eigenvalue weighted by atomic mass is 16.4. The third kappa shape index (κ3) is 2.98. The van der Waals surface area contributed by atoms with E-state index < -0.39 is 5.97 Å². The van der Waals surface area contributed by atoms with Crippen molar-refractivity contribution >= 4 is 12.4 Å². The van der Waals surface area contributed by atoms with Gasteiger partial charge in [-0.3, -0.25) is 4.79 Å². The van der Waals surface area contributed by atoms with Crippen LogP contribution in [-0.2, 0) is 11.3 Å². The standard InChI is InChI=1S/C15H13NO3/c17-10-16-9-11-5-7-12(8-6-11)13-3-1-2-4-14(13)15(18)19/h1-8,10H,9H2,(H,16,17)(H,18,19). The minimum atomic E-state index is -0.942. The van der Waals surface area contributed by atoms with Gasteiger partial charge in [0.05, 0.1) is 5.56 Å². The molecule has 2 aromatic rings. The second kappa shape index (κ2) is 5.82. The van der Waals surface area contributed by atoms with Crippen LogP contribution in [0.25, 0.3) is 11.1 Å². The first kappa shape index (κ1) is 12.8. The lowest BCUT2D eigenvalue weighted by Gasteiger charge is -2.07. The van der Waals surface area contributed by atoms with Crippen molar-refractivity contribution in [3.63, 3.8) is 0 Å². The maximum atomic E-state index is 11.2. The monoisotopic (exact) mass is 255 g/mol. The zero-order valence-electron chi connectivity index (χ0n) is 10.2. The summed E-state index contributed by atoms with van der Waals surface area (Å²) in [5.74, 6) is -0.942. The summed E-state index contributed by atoms with van der Waals surface area (Å²) in [5, 5.41) is 11.7. The smallest absolute Gasteiger partial charge is 0.336 e. The van der Waals surface area contributed by atoms with Crippen LogP contribution in [0.5, 0.6) is 0 Å². The Balaban J connectivity index is 2.32. The number of carboxylic acids is 1. The van der Waals surface area contributed by atoms with Crippen LogP contribution >= 0.6 is 0 Å². The number of hydrogen-bond acceptors (Lipinski definition) is 2. The molecule has 2 rings (SSSR count). The molecule has 0 bridgehead atoms. The lowest BCUT2D eigenvalue weighted by atomic mass is 9.99. The van der Waals surface area contributed by atoms with E-state index in [0.29, 0.717) is 18.5 Å². The van der Waals surface area contributed by atoms with Crippen LogP contribution in [0.2, 0.25) is 0 Å². The van der Waals surface area contributed by atoms with E-state index in [-0.39, 0.29) is 5.56 Å². The van der Waals surface area contributed by atoms with Gasteiger partial charge in [0.1, 0.15) is 0 Å². The van der Waals surface area contributed by atoms with Crippen molar-refractivity contribution in [2.75, 3.05) is 0 Å². The zero-order chi connectivity index (χ0) is 13.7. The zero-order valence-corrected chi connectivity index (χ0v) is 10.2. The summed E-state index contributed by atoms with van der Waals surface area (Å²) < 4.78 is 0. The molecule has 2 N–H and O–H groups in total. The fourth-order valence-corrected chi connectivity index (χ4v) is 1.88. The minimum Gasteiger partial charge on any atom is -0.478 e. The molecule has 4 nitrogen and oxygen atoms in total. The first-order chi connectivity index (χ1) is 9.22. The third-order valence-electron chi connectivity index (χ3n) is 2.81. The van der Waals surface area contributed by atoms with E-state index in [4.69, 9.17) is 5.11 Å². The van der Waals surface area contributed by atoms with Crippen LogP contribution in [0.3, 0.4) is 0 Å². The van der Waals surface area contributed by atoms with Gasteiger partial charge in [-0.25, -0.2) is 4.79 Å². The largest absolute Gasteiger partial charge is 0.478 e. The average molecular weight is 255 g/mol. The summed E-state index contributed by atoms with van der Waals surface area (Å²) in [6.45, 7) is 0.463. The maximum Gasteiger partial charge on any atom is 0.336 e. The highest BCUT2D eigenvalue weighted by Gasteiger charge is 2.10. The lowest BCUT2D eigenvalue weighted by Crippen LogP contribution is -2.09. The highest BCUT2D eigenvalue weighted by Crippen LogP contribution is 2.24. The molecule has 0 aliphatic carbocycles. The van der Waals surface area contributed by atoms with Crippen LogP contribution in [0.15, 0.2) is 48.5 Å². The molecule has 2 aromatic carbocycles. The van der Waals surface area contributed by atoms with Crippen molar-refractivity contribution in [2.45, 2.75) is 6.54 Å². The summed E-state index contributed by atoms with van der Waals surface area (Å²) in [6.07, 6.45) is 0.646. The Kier molecular flexibility index (Phi) is 3.93. The van der Waals surface area contributed by atoms with Gasteiger partial charge >= 0.3 is 5.97 Å². The Morgan fingerprint density at radius 3 is 2.42 bits per heavy atom. The van der Waals surface area contributed by atoms with Crippen molar-refractivity contribution in [3.05, 3.63) is 59.7 Å². The number of carboxylic acid groups (broad SMARTS) is 1. The van der Waals surface area contributed by atoms with Gasteiger partial charge in [-0.2, -0.15) is 0 Å². The average Bonchev–Trinajstić information content (AvgIpc) is 2.45. The molecule has 4 heteroatoms. The van der Waals surface area contributed by atoms with Crippen LogP contribution < -0.4 is 5.32 Å². The normalized spacial score (nSPS) is 9.89. The Bertz CT molecular complexity index is 591. The second-order valence-corrected chi connectivity index (χ2v) is 4.05. The fourth-order valence-electron chi connectivity index (χ4n) is 1.88. The second-order valence-electron chi connectivity index (χ2n) is 4.05. The molecule has 0 saturated heterocycles. The molecule has 0 spiro atoms. The SMILES string of the molecule is O=CNCc1ccc(-c2ccccc2C(=O)O)cc1. The van der Waals surface area contributed by atoms with E-state index in [1.807, 2.05) is 30.3 Å². The quantitative estimate of drug-likeness (QED) is 0.805. The number of nitrogens with one attached hydrogen (secondary N) is 1. The van der Waals surface area contributed by atoms with Crippen molar-refractivity contribution in [1.29, 1.82) is 0 Å². The van der Waals surface area contributed by atoms with Gasteiger partial charge < -0.3 is 10.4 Å². The lowest BCUT2D eigenvalue weighted by molar-refractivity contribution is -0.109. The van der Waals surface area contributed by atoms with E-state index in [0.717, 1.165) is 11.1 Å². The number of aromatic carboxylic acids is 1. The molecular weight excluding hydrogens is 242 g/mol. The van der Waals surface area contributed by atoms with Gasteiger partial charge in [0.15, 0.2) is 0 Å². The predicted octanol–water partition coefficient (Wildman–Crippen LogP) is 2.30. The van der Waals surface area contributed by atoms with Gasteiger partial charge in [0.25, 0.3) is 0 Å². The van der Waals surface area contributed by atoms with Gasteiger partial charge in [-0.15, -0.1) is 0 Å². The molecule has 0 aliphatic heterocycles. The van der Waals surface area contributed by atoms with Crippen LogP contribution in [0.4, 0.5) is 0 Å². The molecule has 0 fully saturated rings. The molecule has 0 aliphatic rings. The molecule has 0 unspecified atom stereocenters. The molecule has 0 heterocycles. The summed E-state index contributed by atoms with van der Waals surface area (Å²) in [4.78, 5) is 21.4. The molecule has 0 atom stereocenters. The van der Waals surface area contributed by atoms with Crippen molar-refractivity contribution in [2.24, 2.45) is 0 Å². The van der Waals surface area contributed by atoms with Crippen LogP contribution in [-0.4, -0.2) is 17.5 Å². The Labute approximate surface area is 110 Å². The van der Waals surface area contributed by atoms with Gasteiger partial charge in [-0.05, 0) is 22.8 Å². The van der Waals surface area contributed by atoms with E-state index in [9.17, 15) is 9.59 Å². The molecule has 1 amide bonds. The van der Waals surface area contributed by atoms with Crippen LogP contribution in [0.1, 0.15) is 15.9 Å². The number of benzene rings is 2. The topological polar surface area (TPSA) is 66.4 Å². The molecular formula is C15H13NO3. The summed E-state index contributed by atoms with van der Waals surface area (Å²) in [6, 6.07) is 14.3. The Morgan fingerprint density at radius 1 is 1.11 bits per heavy atom. The predicted molar refractivity (Wildman–Crippen MR) is 71.7 cm³/mol. The summed E-state index contributed by atoms with van der Waals surface area (Å²) in [5.41, 5.74) is 2.77. The van der Waals surface area contributed by atoms with E-state index >= 15 is 0 Å². The van der Waals surface area contributed by atoms with Crippen molar-refractivity contribution < 1.29 is 14.7 Å². The fraction of sp³-hybridized carbons (Fsp3) is 0.0667. The van der Waals surface area contributed by atoms with Gasteiger partial charge in [0.2, 0.25) is 6.41 Å². The third-order valence-corrected chi connectivity index (χ3v) is 2.81. The van der Waals surface area contributed by atoms with Crippen molar-refractivity contribution in [1.82, 2.24) is 5.32 Å². The first-order valence-corrected chi connectivity index (χ1v) is 5.81. The molecule has 0 radical (unpaired) electrons. The molecule has 19 heavy (non-hydrogen) atoms. The van der Waals surface area contributed by atoms with Crippen LogP contribution in [0, 0.1) is 0 Å². The van der Waals surface area contributed by atoms with Gasteiger partial charge in [0, 0.05) is 6.54 Å². The number of hydrogen-bond donors (Lipinski definition) is 2. The number of amides is 1.